The van der Waals surface area contributed by atoms with E-state index in [4.69, 9.17) is 0 Å². The Morgan fingerprint density at radius 2 is 1.38 bits per heavy atom. The second-order valence-electron chi connectivity index (χ2n) is 7.02. The largest absolute Gasteiger partial charge is 0.355 e. The fourth-order valence-electron chi connectivity index (χ4n) is 3.70. The number of carbonyl (C=O) groups is 1. The third kappa shape index (κ3) is 3.81. The van der Waals surface area contributed by atoms with Crippen molar-refractivity contribution in [3.05, 3.63) is 36.7 Å². The molecular weight excluding hydrogens is 328 g/mol. The van der Waals surface area contributed by atoms with Crippen LogP contribution in [0.3, 0.4) is 0 Å². The van der Waals surface area contributed by atoms with Gasteiger partial charge < -0.3 is 19.3 Å². The van der Waals surface area contributed by atoms with Crippen LogP contribution >= 0.6 is 0 Å². The number of piperidine rings is 1. The Kier molecular flexibility index (Phi) is 5.04. The highest BCUT2D eigenvalue weighted by Crippen LogP contribution is 2.19. The molecule has 0 unspecified atom stereocenters. The molecule has 4 rings (SSSR count). The van der Waals surface area contributed by atoms with E-state index in [1.807, 2.05) is 34.0 Å². The molecule has 0 bridgehead atoms. The van der Waals surface area contributed by atoms with E-state index in [9.17, 15) is 4.79 Å². The predicted octanol–water partition coefficient (Wildman–Crippen LogP) is 1.62. The first-order chi connectivity index (χ1) is 12.8. The Bertz CT molecular complexity index is 700. The number of carbonyl (C=O) groups excluding carboxylic acids is 1. The van der Waals surface area contributed by atoms with Gasteiger partial charge in [0.25, 0.3) is 0 Å². The van der Waals surface area contributed by atoms with E-state index in [2.05, 4.69) is 32.1 Å². The zero-order chi connectivity index (χ0) is 17.8. The summed E-state index contributed by atoms with van der Waals surface area (Å²) in [6.07, 6.45) is 7.64. The fraction of sp³-hybridized carbons (Fsp3) is 0.526. The molecule has 2 aromatic rings. The minimum absolute atomic E-state index is 0.174. The number of aromatic nitrogens is 3. The van der Waals surface area contributed by atoms with Crippen LogP contribution in [0.5, 0.6) is 0 Å². The van der Waals surface area contributed by atoms with E-state index < -0.39 is 0 Å². The first-order valence-electron chi connectivity index (χ1n) is 9.52. The first-order valence-corrected chi connectivity index (χ1v) is 9.52. The van der Waals surface area contributed by atoms with E-state index in [0.717, 1.165) is 50.9 Å². The minimum Gasteiger partial charge on any atom is -0.355 e. The molecule has 2 saturated heterocycles. The van der Waals surface area contributed by atoms with Crippen molar-refractivity contribution < 1.29 is 4.79 Å². The lowest BCUT2D eigenvalue weighted by Gasteiger charge is -2.35. The molecule has 0 saturated carbocycles. The number of rotatable bonds is 4. The fourth-order valence-corrected chi connectivity index (χ4v) is 3.70. The molecule has 138 valence electrons. The second kappa shape index (κ2) is 7.76. The average Bonchev–Trinajstić information content (AvgIpc) is 3.22. The van der Waals surface area contributed by atoms with Crippen LogP contribution in [0.25, 0.3) is 0 Å². The van der Waals surface area contributed by atoms with Gasteiger partial charge in [0.2, 0.25) is 5.91 Å². The maximum Gasteiger partial charge on any atom is 0.242 e. The Morgan fingerprint density at radius 3 is 1.96 bits per heavy atom. The highest BCUT2D eigenvalue weighted by Gasteiger charge is 2.22. The van der Waals surface area contributed by atoms with Gasteiger partial charge in [-0.25, -0.2) is 0 Å². The Balaban J connectivity index is 1.30. The summed E-state index contributed by atoms with van der Waals surface area (Å²) in [6, 6.07) is 8.03. The molecule has 0 atom stereocenters. The summed E-state index contributed by atoms with van der Waals surface area (Å²) < 4.78 is 1.92. The van der Waals surface area contributed by atoms with E-state index in [1.165, 1.54) is 19.3 Å². The number of amides is 1. The maximum absolute atomic E-state index is 12.4. The van der Waals surface area contributed by atoms with Gasteiger partial charge in [0.1, 0.15) is 6.54 Å². The number of hydrogen-bond donors (Lipinski definition) is 0. The predicted molar refractivity (Wildman–Crippen MR) is 101 cm³/mol. The summed E-state index contributed by atoms with van der Waals surface area (Å²) in [5, 5.41) is 8.87. The molecule has 7 heteroatoms. The van der Waals surface area contributed by atoms with Crippen LogP contribution in [0.4, 0.5) is 11.6 Å². The van der Waals surface area contributed by atoms with Crippen molar-refractivity contribution in [1.82, 2.24) is 19.7 Å². The smallest absolute Gasteiger partial charge is 0.242 e. The van der Waals surface area contributed by atoms with Gasteiger partial charge in [0, 0.05) is 51.7 Å². The Labute approximate surface area is 154 Å². The minimum atomic E-state index is 0.174. The molecule has 4 heterocycles. The number of anilines is 2. The third-order valence-corrected chi connectivity index (χ3v) is 5.26. The zero-order valence-corrected chi connectivity index (χ0v) is 15.1. The molecule has 7 nitrogen and oxygen atoms in total. The van der Waals surface area contributed by atoms with Crippen LogP contribution in [0, 0.1) is 0 Å². The summed E-state index contributed by atoms with van der Waals surface area (Å²) >= 11 is 0. The molecule has 0 radical (unpaired) electrons. The quantitative estimate of drug-likeness (QED) is 0.835. The lowest BCUT2D eigenvalue weighted by atomic mass is 10.1. The summed E-state index contributed by atoms with van der Waals surface area (Å²) in [5.41, 5.74) is 0. The summed E-state index contributed by atoms with van der Waals surface area (Å²) in [5.74, 6) is 2.06. The molecule has 2 aliphatic rings. The van der Waals surface area contributed by atoms with Crippen molar-refractivity contribution in [3.8, 4) is 0 Å². The van der Waals surface area contributed by atoms with Gasteiger partial charge in [-0.05, 0) is 43.5 Å². The Hall–Kier alpha value is -2.57. The van der Waals surface area contributed by atoms with Gasteiger partial charge in [-0.3, -0.25) is 4.79 Å². The summed E-state index contributed by atoms with van der Waals surface area (Å²) in [7, 11) is 0. The van der Waals surface area contributed by atoms with Gasteiger partial charge in [-0.15, -0.1) is 10.2 Å². The van der Waals surface area contributed by atoms with Gasteiger partial charge >= 0.3 is 0 Å². The van der Waals surface area contributed by atoms with E-state index >= 15 is 0 Å². The van der Waals surface area contributed by atoms with E-state index in [0.29, 0.717) is 6.54 Å². The van der Waals surface area contributed by atoms with Crippen LogP contribution in [-0.2, 0) is 11.3 Å². The normalized spacial score (nSPS) is 18.2. The van der Waals surface area contributed by atoms with Gasteiger partial charge in [0.05, 0.1) is 0 Å². The van der Waals surface area contributed by atoms with Crippen molar-refractivity contribution in [1.29, 1.82) is 0 Å². The molecule has 0 spiro atoms. The topological polar surface area (TPSA) is 57.5 Å². The van der Waals surface area contributed by atoms with Crippen LogP contribution < -0.4 is 9.80 Å². The number of piperazine rings is 1. The van der Waals surface area contributed by atoms with Crippen LogP contribution in [0.15, 0.2) is 36.7 Å². The molecular formula is C19H26N6O. The second-order valence-corrected chi connectivity index (χ2v) is 7.02. The molecule has 2 aromatic heterocycles. The lowest BCUT2D eigenvalue weighted by molar-refractivity contribution is -0.132. The molecule has 0 aromatic carbocycles. The zero-order valence-electron chi connectivity index (χ0n) is 15.1. The van der Waals surface area contributed by atoms with Crippen LogP contribution in [0.1, 0.15) is 19.3 Å². The standard InChI is InChI=1S/C19H26N6O/c26-19(16-22-8-4-5-9-22)25-14-12-24(13-15-25)18-7-6-17(20-21-18)23-10-2-1-3-11-23/h4-9H,1-3,10-16H2. The van der Waals surface area contributed by atoms with Gasteiger partial charge in [-0.1, -0.05) is 0 Å². The molecule has 1 amide bonds. The number of nitrogens with zero attached hydrogens (tertiary/aromatic N) is 6. The van der Waals surface area contributed by atoms with Gasteiger partial charge in [0.15, 0.2) is 11.6 Å². The summed E-state index contributed by atoms with van der Waals surface area (Å²) in [4.78, 5) is 18.9. The van der Waals surface area contributed by atoms with Crippen molar-refractivity contribution >= 4 is 17.5 Å². The van der Waals surface area contributed by atoms with E-state index in [1.54, 1.807) is 0 Å². The van der Waals surface area contributed by atoms with Crippen molar-refractivity contribution in [3.63, 3.8) is 0 Å². The summed E-state index contributed by atoms with van der Waals surface area (Å²) in [6.45, 7) is 5.64. The molecule has 0 aliphatic carbocycles. The highest BCUT2D eigenvalue weighted by molar-refractivity contribution is 5.76. The first kappa shape index (κ1) is 16.9. The van der Waals surface area contributed by atoms with Crippen molar-refractivity contribution in [2.75, 3.05) is 49.1 Å². The van der Waals surface area contributed by atoms with E-state index in [-0.39, 0.29) is 5.91 Å². The highest BCUT2D eigenvalue weighted by atomic mass is 16.2. The Morgan fingerprint density at radius 1 is 0.808 bits per heavy atom. The molecule has 26 heavy (non-hydrogen) atoms. The van der Waals surface area contributed by atoms with Gasteiger partial charge in [-0.2, -0.15) is 0 Å². The maximum atomic E-state index is 12.4. The van der Waals surface area contributed by atoms with Crippen molar-refractivity contribution in [2.24, 2.45) is 0 Å². The molecule has 2 fully saturated rings. The van der Waals surface area contributed by atoms with Crippen LogP contribution in [-0.4, -0.2) is 64.8 Å². The monoisotopic (exact) mass is 354 g/mol. The van der Waals surface area contributed by atoms with Crippen LogP contribution in [0.2, 0.25) is 0 Å². The van der Waals surface area contributed by atoms with Crippen molar-refractivity contribution in [2.45, 2.75) is 25.8 Å². The third-order valence-electron chi connectivity index (χ3n) is 5.26. The number of hydrogen-bond acceptors (Lipinski definition) is 5. The molecule has 0 N–H and O–H groups in total. The SMILES string of the molecule is O=C(Cn1cccc1)N1CCN(c2ccc(N3CCCCC3)nn2)CC1. The lowest BCUT2D eigenvalue weighted by Crippen LogP contribution is -2.49. The average molecular weight is 354 g/mol. The molecule has 2 aliphatic heterocycles.